The van der Waals surface area contributed by atoms with Crippen LogP contribution in [0.4, 0.5) is 10.1 Å². The van der Waals surface area contributed by atoms with Gasteiger partial charge in [0.05, 0.1) is 31.7 Å². The zero-order valence-corrected chi connectivity index (χ0v) is 11.0. The number of amides is 1. The van der Waals surface area contributed by atoms with E-state index < -0.39 is 11.7 Å². The number of carbonyl (C=O) groups excluding carboxylic acids is 1. The average Bonchev–Trinajstić information content (AvgIpc) is 2.48. The summed E-state index contributed by atoms with van der Waals surface area (Å²) in [5.74, 6) is -0.256. The average molecular weight is 276 g/mol. The first kappa shape index (κ1) is 13.8. The molecule has 2 aromatic rings. The number of hydrogen-bond donors (Lipinski definition) is 1. The van der Waals surface area contributed by atoms with Crippen LogP contribution in [-0.2, 0) is 0 Å². The number of rotatable bonds is 4. The van der Waals surface area contributed by atoms with Crippen molar-refractivity contribution in [2.24, 2.45) is 0 Å². The molecule has 0 radical (unpaired) electrons. The summed E-state index contributed by atoms with van der Waals surface area (Å²) in [5, 5.41) is 2.61. The lowest BCUT2D eigenvalue weighted by atomic mass is 10.2. The molecular weight excluding hydrogens is 263 g/mol. The minimum Gasteiger partial charge on any atom is -0.496 e. The van der Waals surface area contributed by atoms with Gasteiger partial charge in [0, 0.05) is 6.07 Å². The number of carbonyl (C=O) groups is 1. The lowest BCUT2D eigenvalue weighted by Gasteiger charge is -2.09. The van der Waals surface area contributed by atoms with Crippen molar-refractivity contribution in [2.75, 3.05) is 19.5 Å². The number of nitrogens with zero attached hydrogens (tertiary/aromatic N) is 1. The lowest BCUT2D eigenvalue weighted by Crippen LogP contribution is -2.13. The second-order valence-corrected chi connectivity index (χ2v) is 3.89. The predicted molar refractivity (Wildman–Crippen MR) is 71.7 cm³/mol. The summed E-state index contributed by atoms with van der Waals surface area (Å²) in [4.78, 5) is 16.0. The number of ether oxygens (including phenoxy) is 2. The predicted octanol–water partition coefficient (Wildman–Crippen LogP) is 2.49. The summed E-state index contributed by atoms with van der Waals surface area (Å²) in [6.45, 7) is 0. The molecule has 20 heavy (non-hydrogen) atoms. The Morgan fingerprint density at radius 2 is 2.00 bits per heavy atom. The van der Waals surface area contributed by atoms with Gasteiger partial charge in [0.1, 0.15) is 11.6 Å². The van der Waals surface area contributed by atoms with Gasteiger partial charge in [-0.1, -0.05) is 0 Å². The zero-order chi connectivity index (χ0) is 14.5. The van der Waals surface area contributed by atoms with E-state index in [1.807, 2.05) is 0 Å². The lowest BCUT2D eigenvalue weighted by molar-refractivity contribution is 0.102. The fourth-order valence-electron chi connectivity index (χ4n) is 1.63. The van der Waals surface area contributed by atoms with E-state index in [1.165, 1.54) is 32.5 Å². The molecule has 6 heteroatoms. The monoisotopic (exact) mass is 276 g/mol. The fourth-order valence-corrected chi connectivity index (χ4v) is 1.63. The summed E-state index contributed by atoms with van der Waals surface area (Å²) in [6, 6.07) is 6.99. The molecule has 0 saturated heterocycles. The Bertz CT molecular complexity index is 614. The minimum atomic E-state index is -0.510. The van der Waals surface area contributed by atoms with Crippen LogP contribution in [-0.4, -0.2) is 25.1 Å². The van der Waals surface area contributed by atoms with Gasteiger partial charge < -0.3 is 14.8 Å². The molecule has 1 N–H and O–H groups in total. The molecule has 1 amide bonds. The van der Waals surface area contributed by atoms with Crippen molar-refractivity contribution >= 4 is 11.6 Å². The molecule has 0 aliphatic carbocycles. The van der Waals surface area contributed by atoms with Gasteiger partial charge >= 0.3 is 0 Å². The Balaban J connectivity index is 2.20. The first-order valence-electron chi connectivity index (χ1n) is 5.79. The largest absolute Gasteiger partial charge is 0.496 e. The molecule has 0 aliphatic heterocycles. The minimum absolute atomic E-state index is 0.114. The molecule has 0 atom stereocenters. The van der Waals surface area contributed by atoms with Crippen molar-refractivity contribution in [1.82, 2.24) is 4.98 Å². The second kappa shape index (κ2) is 6.01. The van der Waals surface area contributed by atoms with E-state index in [-0.39, 0.29) is 5.56 Å². The van der Waals surface area contributed by atoms with E-state index in [2.05, 4.69) is 10.3 Å². The Labute approximate surface area is 115 Å². The van der Waals surface area contributed by atoms with Crippen molar-refractivity contribution in [3.05, 3.63) is 47.9 Å². The van der Waals surface area contributed by atoms with E-state index >= 15 is 0 Å². The molecule has 1 heterocycles. The maximum atomic E-state index is 13.2. The Morgan fingerprint density at radius 1 is 1.20 bits per heavy atom. The van der Waals surface area contributed by atoms with E-state index in [9.17, 15) is 9.18 Å². The summed E-state index contributed by atoms with van der Waals surface area (Å²) >= 11 is 0. The Kier molecular flexibility index (Phi) is 4.14. The standard InChI is InChI=1S/C14H13FN2O3/c1-19-12-5-3-9(15)7-11(12)14(18)17-10-4-6-13(20-2)16-8-10/h3-8H,1-2H3,(H,17,18). The van der Waals surface area contributed by atoms with Crippen LogP contribution in [0.25, 0.3) is 0 Å². The third-order valence-corrected chi connectivity index (χ3v) is 2.61. The maximum absolute atomic E-state index is 13.2. The maximum Gasteiger partial charge on any atom is 0.259 e. The highest BCUT2D eigenvalue weighted by atomic mass is 19.1. The fraction of sp³-hybridized carbons (Fsp3) is 0.143. The van der Waals surface area contributed by atoms with Crippen LogP contribution < -0.4 is 14.8 Å². The van der Waals surface area contributed by atoms with Crippen LogP contribution in [0.3, 0.4) is 0 Å². The van der Waals surface area contributed by atoms with Crippen LogP contribution in [0.5, 0.6) is 11.6 Å². The van der Waals surface area contributed by atoms with Gasteiger partial charge in [0.15, 0.2) is 0 Å². The number of halogens is 1. The van der Waals surface area contributed by atoms with Gasteiger partial charge in [-0.3, -0.25) is 4.79 Å². The third kappa shape index (κ3) is 3.03. The SMILES string of the molecule is COc1ccc(NC(=O)c2cc(F)ccc2OC)cn1. The third-order valence-electron chi connectivity index (χ3n) is 2.61. The molecule has 1 aromatic heterocycles. The van der Waals surface area contributed by atoms with Gasteiger partial charge in [-0.2, -0.15) is 0 Å². The van der Waals surface area contributed by atoms with Crippen molar-refractivity contribution in [1.29, 1.82) is 0 Å². The molecule has 0 aliphatic rings. The topological polar surface area (TPSA) is 60.5 Å². The van der Waals surface area contributed by atoms with E-state index in [1.54, 1.807) is 12.1 Å². The molecule has 104 valence electrons. The molecule has 1 aromatic carbocycles. The van der Waals surface area contributed by atoms with Gasteiger partial charge in [-0.25, -0.2) is 9.37 Å². The summed E-state index contributed by atoms with van der Waals surface area (Å²) in [6.07, 6.45) is 1.45. The first-order chi connectivity index (χ1) is 9.63. The number of anilines is 1. The molecular formula is C14H13FN2O3. The van der Waals surface area contributed by atoms with E-state index in [4.69, 9.17) is 9.47 Å². The van der Waals surface area contributed by atoms with Crippen LogP contribution in [0.2, 0.25) is 0 Å². The number of pyridine rings is 1. The molecule has 2 rings (SSSR count). The van der Waals surface area contributed by atoms with E-state index in [0.717, 1.165) is 6.07 Å². The summed E-state index contributed by atoms with van der Waals surface area (Å²) in [7, 11) is 2.91. The van der Waals surface area contributed by atoms with Gasteiger partial charge in [0.25, 0.3) is 5.91 Å². The number of benzene rings is 1. The molecule has 0 saturated carbocycles. The highest BCUT2D eigenvalue weighted by Gasteiger charge is 2.13. The second-order valence-electron chi connectivity index (χ2n) is 3.89. The molecule has 0 spiro atoms. The summed E-state index contributed by atoms with van der Waals surface area (Å²) in [5.41, 5.74) is 0.588. The number of aromatic nitrogens is 1. The first-order valence-corrected chi connectivity index (χ1v) is 5.79. The van der Waals surface area contributed by atoms with Gasteiger partial charge in [0.2, 0.25) is 5.88 Å². The van der Waals surface area contributed by atoms with Crippen LogP contribution in [0.15, 0.2) is 36.5 Å². The van der Waals surface area contributed by atoms with Crippen molar-refractivity contribution in [2.45, 2.75) is 0 Å². The van der Waals surface area contributed by atoms with Crippen LogP contribution in [0, 0.1) is 5.82 Å². The Hall–Kier alpha value is -2.63. The number of methoxy groups -OCH3 is 2. The zero-order valence-electron chi connectivity index (χ0n) is 11.0. The quantitative estimate of drug-likeness (QED) is 0.932. The van der Waals surface area contributed by atoms with Crippen LogP contribution >= 0.6 is 0 Å². The van der Waals surface area contributed by atoms with Crippen LogP contribution in [0.1, 0.15) is 10.4 Å². The molecule has 5 nitrogen and oxygen atoms in total. The smallest absolute Gasteiger partial charge is 0.259 e. The summed E-state index contributed by atoms with van der Waals surface area (Å²) < 4.78 is 23.2. The number of nitrogens with one attached hydrogen (secondary N) is 1. The van der Waals surface area contributed by atoms with Crippen molar-refractivity contribution in [3.8, 4) is 11.6 Å². The molecule has 0 fully saturated rings. The van der Waals surface area contributed by atoms with Crippen molar-refractivity contribution in [3.63, 3.8) is 0 Å². The highest BCUT2D eigenvalue weighted by Crippen LogP contribution is 2.21. The highest BCUT2D eigenvalue weighted by molar-refractivity contribution is 6.06. The van der Waals surface area contributed by atoms with Gasteiger partial charge in [-0.05, 0) is 24.3 Å². The van der Waals surface area contributed by atoms with Crippen molar-refractivity contribution < 1.29 is 18.7 Å². The number of hydrogen-bond acceptors (Lipinski definition) is 4. The normalized spacial score (nSPS) is 9.95. The Morgan fingerprint density at radius 3 is 2.60 bits per heavy atom. The molecule has 0 unspecified atom stereocenters. The molecule has 0 bridgehead atoms. The van der Waals surface area contributed by atoms with Gasteiger partial charge in [-0.15, -0.1) is 0 Å². The van der Waals surface area contributed by atoms with E-state index in [0.29, 0.717) is 17.3 Å².